The first-order valence-corrected chi connectivity index (χ1v) is 24.1. The maximum atomic E-state index is 13.5. The molecule has 0 atom stereocenters. The number of esters is 1. The zero-order valence-corrected chi connectivity index (χ0v) is 38.0. The van der Waals surface area contributed by atoms with Gasteiger partial charge >= 0.3 is 12.1 Å². The summed E-state index contributed by atoms with van der Waals surface area (Å²) in [7, 11) is 0. The fourth-order valence-electron chi connectivity index (χ4n) is 6.60. The summed E-state index contributed by atoms with van der Waals surface area (Å²) in [6, 6.07) is 18.7. The van der Waals surface area contributed by atoms with Crippen molar-refractivity contribution in [3.63, 3.8) is 0 Å². The third-order valence-corrected chi connectivity index (χ3v) is 13.1. The summed E-state index contributed by atoms with van der Waals surface area (Å²) in [6.07, 6.45) is 3.12. The molecule has 2 amide bonds. The number of amides is 2. The molecule has 6 rings (SSSR count). The van der Waals surface area contributed by atoms with Gasteiger partial charge in [-0.3, -0.25) is 34.0 Å². The lowest BCUT2D eigenvalue weighted by Gasteiger charge is -2.26. The number of carbonyl (C=O) groups is 4. The van der Waals surface area contributed by atoms with Crippen LogP contribution in [0.4, 0.5) is 15.1 Å². The van der Waals surface area contributed by atoms with E-state index in [-0.39, 0.29) is 57.1 Å². The molecular formula is C43H56N8O9S3. The predicted octanol–water partition coefficient (Wildman–Crippen LogP) is 4.90. The first-order valence-electron chi connectivity index (χ1n) is 21.4. The van der Waals surface area contributed by atoms with Crippen LogP contribution in [0.3, 0.4) is 0 Å². The highest BCUT2D eigenvalue weighted by atomic mass is 32.2. The van der Waals surface area contributed by atoms with Crippen molar-refractivity contribution in [2.24, 2.45) is 0 Å². The van der Waals surface area contributed by atoms with Crippen LogP contribution in [-0.4, -0.2) is 151 Å². The van der Waals surface area contributed by atoms with E-state index in [1.807, 2.05) is 60.7 Å². The largest absolute Gasteiger partial charge is 0.510 e. The number of nitrogens with zero attached hydrogens (tertiary/aromatic N) is 8. The van der Waals surface area contributed by atoms with Crippen LogP contribution in [-0.2, 0) is 63.8 Å². The summed E-state index contributed by atoms with van der Waals surface area (Å²) in [4.78, 5) is 59.5. The molecule has 4 heterocycles. The number of anilines is 2. The molecule has 0 spiro atoms. The molecule has 0 aliphatic carbocycles. The molecule has 0 radical (unpaired) electrons. The van der Waals surface area contributed by atoms with Crippen molar-refractivity contribution in [1.29, 1.82) is 0 Å². The summed E-state index contributed by atoms with van der Waals surface area (Å²) in [5.74, 6) is 0.585. The number of ether oxygens (including phenoxy) is 5. The molecule has 0 unspecified atom stereocenters. The number of unbranched alkanes of at least 4 members (excludes halogenated alkanes) is 1. The molecular weight excluding hydrogens is 869 g/mol. The van der Waals surface area contributed by atoms with Crippen molar-refractivity contribution in [1.82, 2.24) is 30.2 Å². The third-order valence-electron chi connectivity index (χ3n) is 10.1. The van der Waals surface area contributed by atoms with Crippen LogP contribution in [0.5, 0.6) is 0 Å². The average Bonchev–Trinajstić information content (AvgIpc) is 3.98. The highest BCUT2D eigenvalue weighted by Crippen LogP contribution is 2.25. The van der Waals surface area contributed by atoms with E-state index in [1.54, 1.807) is 11.8 Å². The molecule has 2 aromatic heterocycles. The molecule has 0 bridgehead atoms. The van der Waals surface area contributed by atoms with Crippen molar-refractivity contribution in [2.45, 2.75) is 51.4 Å². The number of hydrogen-bond acceptors (Lipinski definition) is 18. The molecule has 4 aromatic rings. The Labute approximate surface area is 380 Å². The van der Waals surface area contributed by atoms with E-state index in [0.29, 0.717) is 49.2 Å². The van der Waals surface area contributed by atoms with Crippen LogP contribution >= 0.6 is 34.4 Å². The normalized spacial score (nSPS) is 14.5. The molecule has 0 saturated carbocycles. The van der Waals surface area contributed by atoms with E-state index in [4.69, 9.17) is 23.7 Å². The van der Waals surface area contributed by atoms with Crippen LogP contribution in [0.1, 0.15) is 46.8 Å². The molecule has 63 heavy (non-hydrogen) atoms. The molecule has 17 nitrogen and oxygen atoms in total. The van der Waals surface area contributed by atoms with Gasteiger partial charge in [0.1, 0.15) is 10.0 Å². The lowest BCUT2D eigenvalue weighted by molar-refractivity contribution is -0.144. The van der Waals surface area contributed by atoms with Crippen molar-refractivity contribution in [3.8, 4) is 0 Å². The highest BCUT2D eigenvalue weighted by molar-refractivity contribution is 7.99. The lowest BCUT2D eigenvalue weighted by atomic mass is 10.1. The van der Waals surface area contributed by atoms with Gasteiger partial charge in [-0.25, -0.2) is 4.79 Å². The smallest absolute Gasteiger partial charge is 0.444 e. The Bertz CT molecular complexity index is 1840. The topological polar surface area (TPSA) is 179 Å². The third kappa shape index (κ3) is 17.2. The second kappa shape index (κ2) is 26.9. The predicted molar refractivity (Wildman–Crippen MR) is 241 cm³/mol. The minimum Gasteiger partial charge on any atom is -0.444 e. The highest BCUT2D eigenvalue weighted by Gasteiger charge is 2.24. The standard InChI is InChI=1S/C43H56N8O9S3/c52-38(30-34-10-3-1-4-11-34)50(32-59-40(54)14-7-8-17-48-19-24-56-25-20-48)41-46-44-36(62-41)15-28-61-29-16-37-45-47-42(63-37)51(39(53)31-35-12-5-2-6-13-35)33-60-43(55)58-23-9-18-49-21-26-57-27-22-49/h1-6,10-13H,7-9,14-33H2. The van der Waals surface area contributed by atoms with E-state index in [1.165, 1.54) is 32.5 Å². The second-order valence-corrected chi connectivity index (χ2v) is 18.1. The van der Waals surface area contributed by atoms with Gasteiger partial charge in [0, 0.05) is 52.0 Å². The molecule has 20 heteroatoms. The van der Waals surface area contributed by atoms with Gasteiger partial charge in [-0.1, -0.05) is 83.3 Å². The monoisotopic (exact) mass is 924 g/mol. The van der Waals surface area contributed by atoms with Crippen LogP contribution in [0.2, 0.25) is 0 Å². The van der Waals surface area contributed by atoms with E-state index in [2.05, 4.69) is 30.2 Å². The van der Waals surface area contributed by atoms with Crippen LogP contribution in [0.25, 0.3) is 0 Å². The number of thioether (sulfide) groups is 1. The molecule has 2 saturated heterocycles. The Balaban J connectivity index is 0.951. The second-order valence-electron chi connectivity index (χ2n) is 14.8. The molecule has 2 aliphatic rings. The van der Waals surface area contributed by atoms with Gasteiger partial charge in [-0.05, 0) is 48.4 Å². The van der Waals surface area contributed by atoms with Crippen LogP contribution < -0.4 is 9.80 Å². The van der Waals surface area contributed by atoms with E-state index < -0.39 is 6.16 Å². The number of carbonyl (C=O) groups excluding carboxylic acids is 4. The lowest BCUT2D eigenvalue weighted by Crippen LogP contribution is -2.37. The SMILES string of the molecule is O=C(CCCCN1CCOCC1)OCN(C(=O)Cc1ccccc1)c1nnc(CCSCCc2nnc(N(COC(=O)OCCCN3CCOCC3)C(=O)Cc3ccccc3)s2)s1. The number of hydrogen-bond donors (Lipinski definition) is 0. The first-order chi connectivity index (χ1) is 30.9. The van der Waals surface area contributed by atoms with Gasteiger partial charge < -0.3 is 23.7 Å². The number of morpholine rings is 2. The van der Waals surface area contributed by atoms with Gasteiger partial charge in [-0.2, -0.15) is 11.8 Å². The Morgan fingerprint density at radius 3 is 1.63 bits per heavy atom. The fraction of sp³-hybridized carbons (Fsp3) is 0.535. The van der Waals surface area contributed by atoms with Crippen molar-refractivity contribution in [3.05, 3.63) is 81.8 Å². The number of rotatable bonds is 25. The zero-order valence-electron chi connectivity index (χ0n) is 35.5. The summed E-state index contributed by atoms with van der Waals surface area (Å²) < 4.78 is 27.0. The van der Waals surface area contributed by atoms with Crippen molar-refractivity contribution in [2.75, 3.05) is 107 Å². The molecule has 2 aromatic carbocycles. The van der Waals surface area contributed by atoms with Crippen LogP contribution in [0, 0.1) is 0 Å². The van der Waals surface area contributed by atoms with Gasteiger partial charge in [-0.15, -0.1) is 20.4 Å². The van der Waals surface area contributed by atoms with Crippen LogP contribution in [0.15, 0.2) is 60.7 Å². The van der Waals surface area contributed by atoms with E-state index in [9.17, 15) is 19.2 Å². The first kappa shape index (κ1) is 47.9. The minimum absolute atomic E-state index is 0.0943. The Hall–Kier alpha value is -4.57. The molecule has 2 aliphatic heterocycles. The van der Waals surface area contributed by atoms with Gasteiger partial charge in [0.15, 0.2) is 13.5 Å². The number of aromatic nitrogens is 4. The van der Waals surface area contributed by atoms with Gasteiger partial charge in [0.05, 0.1) is 45.9 Å². The van der Waals surface area contributed by atoms with Gasteiger partial charge in [0.2, 0.25) is 22.1 Å². The minimum atomic E-state index is -0.852. The Morgan fingerprint density at radius 1 is 0.619 bits per heavy atom. The maximum absolute atomic E-state index is 13.5. The summed E-state index contributed by atoms with van der Waals surface area (Å²) in [6.45, 7) is 7.74. The molecule has 340 valence electrons. The fourth-order valence-corrected chi connectivity index (χ4v) is 9.42. The Morgan fingerprint density at radius 2 is 1.11 bits per heavy atom. The number of benzene rings is 2. The summed E-state index contributed by atoms with van der Waals surface area (Å²) in [5.41, 5.74) is 1.66. The van der Waals surface area contributed by atoms with Gasteiger partial charge in [0.25, 0.3) is 0 Å². The molecule has 0 N–H and O–H groups in total. The van der Waals surface area contributed by atoms with Crippen molar-refractivity contribution < 1.29 is 42.9 Å². The van der Waals surface area contributed by atoms with E-state index >= 15 is 0 Å². The average molecular weight is 925 g/mol. The summed E-state index contributed by atoms with van der Waals surface area (Å²) in [5, 5.41) is 19.5. The number of aryl methyl sites for hydroxylation is 2. The maximum Gasteiger partial charge on any atom is 0.510 e. The van der Waals surface area contributed by atoms with E-state index in [0.717, 1.165) is 91.6 Å². The Kier molecular flexibility index (Phi) is 20.5. The van der Waals surface area contributed by atoms with Crippen molar-refractivity contribution >= 4 is 68.6 Å². The summed E-state index contributed by atoms with van der Waals surface area (Å²) >= 11 is 4.28. The molecule has 2 fully saturated rings. The zero-order chi connectivity index (χ0) is 43.9. The quantitative estimate of drug-likeness (QED) is 0.0498.